The summed E-state index contributed by atoms with van der Waals surface area (Å²) >= 11 is 0. The van der Waals surface area contributed by atoms with Crippen molar-refractivity contribution in [3.05, 3.63) is 23.8 Å². The molecule has 1 saturated carbocycles. The van der Waals surface area contributed by atoms with Crippen LogP contribution in [0.5, 0.6) is 0 Å². The summed E-state index contributed by atoms with van der Waals surface area (Å²) in [5, 5.41) is 10.9. The van der Waals surface area contributed by atoms with Gasteiger partial charge in [-0.15, -0.1) is 0 Å². The first-order valence-corrected chi connectivity index (χ1v) is 10.8. The van der Waals surface area contributed by atoms with Gasteiger partial charge in [0.05, 0.1) is 5.60 Å². The number of aliphatic hydroxyl groups is 1. The summed E-state index contributed by atoms with van der Waals surface area (Å²) in [6.07, 6.45) is 8.87. The number of fused-ring (bicyclic) bond motifs is 1. The molecule has 2 unspecified atom stereocenters. The summed E-state index contributed by atoms with van der Waals surface area (Å²) < 4.78 is 11.4. The predicted molar refractivity (Wildman–Crippen MR) is 113 cm³/mol. The number of hydrogen-bond acceptors (Lipinski definition) is 5. The molecule has 0 aliphatic heterocycles. The molecule has 0 bridgehead atoms. The molecular formula is C24H38O5. The van der Waals surface area contributed by atoms with Crippen LogP contribution in [0.2, 0.25) is 0 Å². The zero-order chi connectivity index (χ0) is 22.0. The van der Waals surface area contributed by atoms with Gasteiger partial charge in [0.2, 0.25) is 0 Å². The number of carbonyl (C=O) groups is 2. The van der Waals surface area contributed by atoms with E-state index in [1.807, 2.05) is 26.8 Å². The first-order valence-electron chi connectivity index (χ1n) is 10.8. The summed E-state index contributed by atoms with van der Waals surface area (Å²) in [5.74, 6) is -0.353. The Morgan fingerprint density at radius 1 is 1.21 bits per heavy atom. The van der Waals surface area contributed by atoms with Gasteiger partial charge in [-0.1, -0.05) is 31.6 Å². The van der Waals surface area contributed by atoms with Gasteiger partial charge < -0.3 is 14.6 Å². The molecule has 5 nitrogen and oxygen atoms in total. The van der Waals surface area contributed by atoms with Gasteiger partial charge in [0.25, 0.3) is 0 Å². The van der Waals surface area contributed by atoms with Crippen molar-refractivity contribution in [1.82, 2.24) is 0 Å². The Balaban J connectivity index is 2.52. The van der Waals surface area contributed by atoms with Crippen molar-refractivity contribution >= 4 is 11.9 Å². The van der Waals surface area contributed by atoms with Crippen molar-refractivity contribution in [3.8, 4) is 0 Å². The smallest absolute Gasteiger partial charge is 0.303 e. The van der Waals surface area contributed by atoms with Gasteiger partial charge in [0.15, 0.2) is 0 Å². The standard InChI is InChI=1S/C24H38O5/c1-15-8-10-24(7)11-9-20(23(5,6)27)22(24)21(29-18(4)26)14-16(2)13-19(12-15)28-17(3)25/h8,10,13,15,19-22,27H,9,11-12,14H2,1-7H3/b10-8+,16-13+/t15-,19+,20?,21-,22?,24-/m0/s1. The number of hydrogen-bond donors (Lipinski definition) is 1. The molecule has 0 saturated heterocycles. The molecule has 0 aromatic heterocycles. The fourth-order valence-corrected chi connectivity index (χ4v) is 5.29. The Morgan fingerprint density at radius 3 is 2.38 bits per heavy atom. The quantitative estimate of drug-likeness (QED) is 0.548. The lowest BCUT2D eigenvalue weighted by molar-refractivity contribution is -0.154. The molecule has 0 aromatic carbocycles. The Hall–Kier alpha value is -1.62. The molecule has 164 valence electrons. The van der Waals surface area contributed by atoms with Crippen LogP contribution in [0.1, 0.15) is 74.1 Å². The van der Waals surface area contributed by atoms with E-state index >= 15 is 0 Å². The van der Waals surface area contributed by atoms with Crippen molar-refractivity contribution in [2.75, 3.05) is 0 Å². The second kappa shape index (κ2) is 9.03. The number of carbonyl (C=O) groups excluding carboxylic acids is 2. The van der Waals surface area contributed by atoms with Crippen LogP contribution in [0.25, 0.3) is 0 Å². The average molecular weight is 407 g/mol. The number of allylic oxidation sites excluding steroid dienone is 2. The predicted octanol–water partition coefficient (Wildman–Crippen LogP) is 4.59. The lowest BCUT2D eigenvalue weighted by Crippen LogP contribution is -2.44. The lowest BCUT2D eigenvalue weighted by atomic mass is 9.68. The van der Waals surface area contributed by atoms with Crippen molar-refractivity contribution in [2.24, 2.45) is 23.2 Å². The number of esters is 2. The van der Waals surface area contributed by atoms with Crippen LogP contribution in [-0.2, 0) is 19.1 Å². The van der Waals surface area contributed by atoms with E-state index in [0.717, 1.165) is 18.4 Å². The molecule has 2 rings (SSSR count). The molecular weight excluding hydrogens is 368 g/mol. The molecule has 1 fully saturated rings. The van der Waals surface area contributed by atoms with Crippen LogP contribution >= 0.6 is 0 Å². The average Bonchev–Trinajstić information content (AvgIpc) is 2.88. The molecule has 29 heavy (non-hydrogen) atoms. The summed E-state index contributed by atoms with van der Waals surface area (Å²) in [6, 6.07) is 0. The largest absolute Gasteiger partial charge is 0.462 e. The van der Waals surface area contributed by atoms with Crippen LogP contribution in [-0.4, -0.2) is 34.9 Å². The van der Waals surface area contributed by atoms with Crippen LogP contribution in [0.4, 0.5) is 0 Å². The molecule has 5 heteroatoms. The van der Waals surface area contributed by atoms with E-state index in [1.54, 1.807) is 0 Å². The van der Waals surface area contributed by atoms with E-state index in [0.29, 0.717) is 12.8 Å². The third-order valence-corrected chi connectivity index (χ3v) is 6.53. The maximum atomic E-state index is 12.0. The lowest BCUT2D eigenvalue weighted by Gasteiger charge is -2.41. The van der Waals surface area contributed by atoms with Crippen molar-refractivity contribution < 1.29 is 24.2 Å². The Bertz CT molecular complexity index is 671. The fourth-order valence-electron chi connectivity index (χ4n) is 5.29. The van der Waals surface area contributed by atoms with Crippen molar-refractivity contribution in [1.29, 1.82) is 0 Å². The molecule has 0 spiro atoms. The summed E-state index contributed by atoms with van der Waals surface area (Å²) in [6.45, 7) is 12.9. The highest BCUT2D eigenvalue weighted by Crippen LogP contribution is 2.54. The SMILES string of the molecule is CC(=O)O[C@H]1C/C(C)=C/[C@H](OC(C)=O)C[C@@H](C)/C=C/[C@@]2(C)CCC(C(C)(C)O)C12. The highest BCUT2D eigenvalue weighted by atomic mass is 16.5. The molecule has 2 aliphatic rings. The number of ether oxygens (including phenoxy) is 2. The molecule has 0 radical (unpaired) electrons. The zero-order valence-electron chi connectivity index (χ0n) is 19.0. The van der Waals surface area contributed by atoms with E-state index in [2.05, 4.69) is 26.0 Å². The first-order chi connectivity index (χ1) is 13.3. The van der Waals surface area contributed by atoms with E-state index in [9.17, 15) is 14.7 Å². The maximum Gasteiger partial charge on any atom is 0.303 e. The van der Waals surface area contributed by atoms with E-state index < -0.39 is 5.60 Å². The molecule has 0 heterocycles. The van der Waals surface area contributed by atoms with Crippen molar-refractivity contribution in [3.63, 3.8) is 0 Å². The van der Waals surface area contributed by atoms with Crippen LogP contribution in [0.3, 0.4) is 0 Å². The topological polar surface area (TPSA) is 72.8 Å². The zero-order valence-corrected chi connectivity index (χ0v) is 19.0. The van der Waals surface area contributed by atoms with Crippen LogP contribution in [0, 0.1) is 23.2 Å². The van der Waals surface area contributed by atoms with Crippen molar-refractivity contribution in [2.45, 2.75) is 92.0 Å². The van der Waals surface area contributed by atoms with Gasteiger partial charge >= 0.3 is 11.9 Å². The monoisotopic (exact) mass is 406 g/mol. The van der Waals surface area contributed by atoms with Crippen LogP contribution in [0.15, 0.2) is 23.8 Å². The Morgan fingerprint density at radius 2 is 1.83 bits per heavy atom. The van der Waals surface area contributed by atoms with Gasteiger partial charge in [-0.25, -0.2) is 0 Å². The highest BCUT2D eigenvalue weighted by molar-refractivity contribution is 5.66. The van der Waals surface area contributed by atoms with Gasteiger partial charge in [0, 0.05) is 26.2 Å². The number of rotatable bonds is 3. The van der Waals surface area contributed by atoms with E-state index in [4.69, 9.17) is 9.47 Å². The van der Waals surface area contributed by atoms with Gasteiger partial charge in [-0.05, 0) is 63.4 Å². The van der Waals surface area contributed by atoms with E-state index in [-0.39, 0.29) is 47.3 Å². The first kappa shape index (κ1) is 23.7. The summed E-state index contributed by atoms with van der Waals surface area (Å²) in [7, 11) is 0. The summed E-state index contributed by atoms with van der Waals surface area (Å²) in [5.41, 5.74) is -0.0146. The Kier molecular flexibility index (Phi) is 7.37. The third-order valence-electron chi connectivity index (χ3n) is 6.53. The molecule has 2 aliphatic carbocycles. The highest BCUT2D eigenvalue weighted by Gasteiger charge is 2.53. The van der Waals surface area contributed by atoms with Gasteiger partial charge in [0.1, 0.15) is 12.2 Å². The van der Waals surface area contributed by atoms with Crippen LogP contribution < -0.4 is 0 Å². The summed E-state index contributed by atoms with van der Waals surface area (Å²) in [4.78, 5) is 23.5. The molecule has 1 N–H and O–H groups in total. The normalized spacial score (nSPS) is 38.8. The third kappa shape index (κ3) is 6.18. The molecule has 0 amide bonds. The van der Waals surface area contributed by atoms with E-state index in [1.165, 1.54) is 13.8 Å². The second-order valence-corrected chi connectivity index (χ2v) is 9.92. The molecule has 0 aromatic rings. The fraction of sp³-hybridized carbons (Fsp3) is 0.750. The minimum Gasteiger partial charge on any atom is -0.462 e. The minimum absolute atomic E-state index is 0.00322. The second-order valence-electron chi connectivity index (χ2n) is 9.92. The molecule has 6 atom stereocenters. The maximum absolute atomic E-state index is 12.0. The van der Waals surface area contributed by atoms with Gasteiger partial charge in [-0.3, -0.25) is 9.59 Å². The minimum atomic E-state index is -0.863. The Labute approximate surface area is 175 Å². The van der Waals surface area contributed by atoms with Gasteiger partial charge in [-0.2, -0.15) is 0 Å².